The Hall–Kier alpha value is -3.50. The van der Waals surface area contributed by atoms with Crippen LogP contribution < -0.4 is 31.9 Å². The van der Waals surface area contributed by atoms with Gasteiger partial charge in [0.15, 0.2) is 0 Å². The summed E-state index contributed by atoms with van der Waals surface area (Å²) in [7, 11) is 0. The van der Waals surface area contributed by atoms with E-state index in [0.29, 0.717) is 47.5 Å². The molecule has 4 aliphatic rings. The van der Waals surface area contributed by atoms with Crippen molar-refractivity contribution in [2.45, 2.75) is 478 Å². The van der Waals surface area contributed by atoms with Crippen molar-refractivity contribution in [1.82, 2.24) is 50.2 Å². The molecule has 0 spiro atoms. The predicted molar refractivity (Wildman–Crippen MR) is 456 cm³/mol. The highest BCUT2D eigenvalue weighted by molar-refractivity contribution is 5.45. The highest BCUT2D eigenvalue weighted by Crippen LogP contribution is 2.47. The van der Waals surface area contributed by atoms with Gasteiger partial charge in [-0.2, -0.15) is 50.2 Å². The van der Waals surface area contributed by atoms with Crippen LogP contribution in [0.3, 0.4) is 0 Å². The fourth-order valence-corrected chi connectivity index (χ4v) is 19.9. The van der Waals surface area contributed by atoms with E-state index in [1.807, 2.05) is 0 Å². The van der Waals surface area contributed by atoms with E-state index in [4.69, 9.17) is 49.3 Å². The number of hydrogen-bond acceptors (Lipinski definition) is 20. The quantitative estimate of drug-likeness (QED) is 0.0341. The lowest BCUT2D eigenvalue weighted by atomic mass is 9.71. The largest absolute Gasteiger partial charge is 0.354 e. The summed E-state index contributed by atoms with van der Waals surface area (Å²) >= 11 is 0. The third-order valence-electron chi connectivity index (χ3n) is 23.9. The lowest BCUT2D eigenvalue weighted by Gasteiger charge is -2.55. The Bertz CT molecular complexity index is 2530. The van der Waals surface area contributed by atoms with Crippen LogP contribution in [0.2, 0.25) is 0 Å². The Kier molecular flexibility index (Phi) is 39.4. The number of hydrogen-bond donors (Lipinski definition) is 6. The summed E-state index contributed by atoms with van der Waals surface area (Å²) in [5, 5.41) is 32.5. The van der Waals surface area contributed by atoms with Gasteiger partial charge in [-0.3, -0.25) is 19.4 Å². The Balaban J connectivity index is 1.15. The first kappa shape index (κ1) is 93.4. The van der Waals surface area contributed by atoms with E-state index in [-0.39, 0.29) is 68.5 Å². The normalized spacial score (nSPS) is 21.1. The van der Waals surface area contributed by atoms with Crippen LogP contribution in [0.5, 0.6) is 0 Å². The van der Waals surface area contributed by atoms with Gasteiger partial charge in [0, 0.05) is 81.6 Å². The van der Waals surface area contributed by atoms with Crippen molar-refractivity contribution >= 4 is 35.7 Å². The van der Waals surface area contributed by atoms with Gasteiger partial charge in [-0.1, -0.05) is 196 Å². The molecule has 2 aromatic heterocycles. The molecule has 0 saturated carbocycles. The molecule has 20 heteroatoms. The molecular formula is C88H170N16O4. The van der Waals surface area contributed by atoms with Crippen molar-refractivity contribution in [1.29, 1.82) is 0 Å². The highest BCUT2D eigenvalue weighted by atomic mass is 16.7. The van der Waals surface area contributed by atoms with E-state index >= 15 is 0 Å². The van der Waals surface area contributed by atoms with Crippen LogP contribution in [0.25, 0.3) is 0 Å². The minimum atomic E-state index is -0.207. The van der Waals surface area contributed by atoms with E-state index in [0.717, 1.165) is 168 Å². The lowest BCUT2D eigenvalue weighted by molar-refractivity contribution is -0.289. The molecule has 0 aromatic carbocycles. The zero-order chi connectivity index (χ0) is 79.1. The van der Waals surface area contributed by atoms with Crippen LogP contribution in [0.15, 0.2) is 0 Å². The van der Waals surface area contributed by atoms with Crippen LogP contribution in [0.4, 0.5) is 35.7 Å². The van der Waals surface area contributed by atoms with Gasteiger partial charge < -0.3 is 31.9 Å². The van der Waals surface area contributed by atoms with Crippen LogP contribution in [-0.4, -0.2) is 158 Å². The molecule has 4 fully saturated rings. The second-order valence-corrected chi connectivity index (χ2v) is 38.9. The average molecular weight is 1520 g/mol. The summed E-state index contributed by atoms with van der Waals surface area (Å²) in [5.74, 6) is 4.48. The first-order chi connectivity index (χ1) is 51.2. The zero-order valence-electron chi connectivity index (χ0n) is 74.1. The lowest BCUT2D eigenvalue weighted by Crippen LogP contribution is -2.62. The second kappa shape index (κ2) is 45.6. The fourth-order valence-electron chi connectivity index (χ4n) is 19.9. The average Bonchev–Trinajstić information content (AvgIpc) is 0.783. The molecule has 108 heavy (non-hydrogen) atoms. The van der Waals surface area contributed by atoms with E-state index < -0.39 is 0 Å². The number of aromatic nitrogens is 6. The molecule has 6 rings (SSSR count). The Morgan fingerprint density at radius 3 is 0.759 bits per heavy atom. The molecule has 6 N–H and O–H groups in total. The summed E-state index contributed by atoms with van der Waals surface area (Å²) in [6.45, 7) is 55.9. The standard InChI is InChI=1S/C88H170N16O4/c1-23-29-33-37-43-49-57-105-101-81(7,8)61-69(62-82(101,9)10)73(53-27-5)93-79-97-75(95-77(99-79)91-71-65-85(15,16)103(86(17,18)66-71)107-59-51-45-39-35-31-25-3)89-55-47-41-42-48-56-90-76-96-78(92-72-67-87(19,20)104(88(21,22)68-72)108-60-52-46-40-36-32-26-4)100-80(98-76)94-74(54-28-6)70-63-83(11,12)102(84(13,14)64-70)106-58-50-44-38-34-30-24-2/h69-74H,23-68H2,1-22H3,(H3,89,91,93,95,97,99)(H3,90,92,94,96,98,100). The molecule has 2 unspecified atom stereocenters. The summed E-state index contributed by atoms with van der Waals surface area (Å²) < 4.78 is 0. The van der Waals surface area contributed by atoms with E-state index in [1.165, 1.54) is 128 Å². The summed E-state index contributed by atoms with van der Waals surface area (Å²) in [4.78, 5) is 58.2. The van der Waals surface area contributed by atoms with Crippen LogP contribution >= 0.6 is 0 Å². The molecule has 4 saturated heterocycles. The van der Waals surface area contributed by atoms with Crippen LogP contribution in [0.1, 0.15) is 409 Å². The molecule has 2 aromatic rings. The Labute approximate surface area is 662 Å². The number of nitrogens with one attached hydrogen (secondary N) is 6. The van der Waals surface area contributed by atoms with Gasteiger partial charge in [0.2, 0.25) is 35.7 Å². The third-order valence-corrected chi connectivity index (χ3v) is 23.9. The van der Waals surface area contributed by atoms with Gasteiger partial charge in [-0.05, 0) is 225 Å². The molecule has 4 aliphatic heterocycles. The summed E-state index contributed by atoms with van der Waals surface area (Å²) in [6, 6.07) is 0.613. The molecule has 20 nitrogen and oxygen atoms in total. The monoisotopic (exact) mass is 1520 g/mol. The smallest absolute Gasteiger partial charge is 0.229 e. The van der Waals surface area contributed by atoms with Gasteiger partial charge >= 0.3 is 0 Å². The maximum atomic E-state index is 6.75. The first-order valence-electron chi connectivity index (χ1n) is 45.0. The SMILES string of the molecule is CCCCCCCCON1C(C)(C)CC(Nc2nc(NCCCCCCNc3nc(NC4CC(C)(C)N(OCCCCCCCC)C(C)(C)C4)nc(NC(CCC)C4CC(C)(C)N(OCCCCCCCC)C(C)(C)C4)n3)nc(NC(CCC)C3CC(C)(C)N(OCCCCCCCC)C(C)(C)C3)n2)CC1(C)C. The predicted octanol–water partition coefficient (Wildman–Crippen LogP) is 22.9. The van der Waals surface area contributed by atoms with E-state index in [9.17, 15) is 0 Å². The number of hydroxylamine groups is 8. The maximum Gasteiger partial charge on any atom is 0.229 e. The van der Waals surface area contributed by atoms with Crippen molar-refractivity contribution in [3.63, 3.8) is 0 Å². The molecule has 2 atom stereocenters. The Morgan fingerprint density at radius 1 is 0.278 bits per heavy atom. The Morgan fingerprint density at radius 2 is 0.500 bits per heavy atom. The van der Waals surface area contributed by atoms with E-state index in [1.54, 1.807) is 0 Å². The van der Waals surface area contributed by atoms with Gasteiger partial charge in [-0.25, -0.2) is 0 Å². The van der Waals surface area contributed by atoms with Gasteiger partial charge in [0.1, 0.15) is 0 Å². The third kappa shape index (κ3) is 30.7. The van der Waals surface area contributed by atoms with Crippen molar-refractivity contribution in [2.24, 2.45) is 11.8 Å². The molecule has 0 aliphatic carbocycles. The molecule has 0 radical (unpaired) electrons. The number of rotatable bonds is 55. The summed E-state index contributed by atoms with van der Waals surface area (Å²) in [6.07, 6.45) is 45.8. The van der Waals surface area contributed by atoms with Crippen molar-refractivity contribution in [3.05, 3.63) is 0 Å². The molecule has 626 valence electrons. The maximum absolute atomic E-state index is 6.75. The van der Waals surface area contributed by atoms with Crippen molar-refractivity contribution in [2.75, 3.05) is 71.4 Å². The molecule has 0 bridgehead atoms. The van der Waals surface area contributed by atoms with E-state index in [2.05, 4.69) is 204 Å². The number of nitrogens with zero attached hydrogens (tertiary/aromatic N) is 10. The molecule has 0 amide bonds. The number of unbranched alkanes of at least 4 members (excludes halogenated alkanes) is 23. The van der Waals surface area contributed by atoms with Gasteiger partial charge in [-0.15, -0.1) is 0 Å². The van der Waals surface area contributed by atoms with Crippen molar-refractivity contribution in [3.8, 4) is 0 Å². The first-order valence-corrected chi connectivity index (χ1v) is 45.0. The number of piperidine rings is 4. The van der Waals surface area contributed by atoms with Gasteiger partial charge in [0.25, 0.3) is 0 Å². The molecule has 6 heterocycles. The van der Waals surface area contributed by atoms with Crippen LogP contribution in [0, 0.1) is 11.8 Å². The summed E-state index contributed by atoms with van der Waals surface area (Å²) in [5.41, 5.74) is -1.42. The minimum Gasteiger partial charge on any atom is -0.354 e. The number of anilines is 6. The highest BCUT2D eigenvalue weighted by Gasteiger charge is 2.52. The van der Waals surface area contributed by atoms with Gasteiger partial charge in [0.05, 0.1) is 26.4 Å². The zero-order valence-corrected chi connectivity index (χ0v) is 74.1. The molecular weight excluding hydrogens is 1350 g/mol. The second-order valence-electron chi connectivity index (χ2n) is 38.9. The minimum absolute atomic E-state index is 0.132. The van der Waals surface area contributed by atoms with Crippen LogP contribution in [-0.2, 0) is 19.4 Å². The topological polar surface area (TPSA) is 199 Å². The van der Waals surface area contributed by atoms with Crippen molar-refractivity contribution < 1.29 is 19.4 Å². The fraction of sp³-hybridized carbons (Fsp3) is 0.932.